The number of carbonyl (C=O) groups excluding carboxylic acids is 1. The van der Waals surface area contributed by atoms with Crippen molar-refractivity contribution in [3.63, 3.8) is 0 Å². The Bertz CT molecular complexity index is 1700. The first-order chi connectivity index (χ1) is 19.1. The summed E-state index contributed by atoms with van der Waals surface area (Å²) in [4.78, 5) is 33.5. The number of urea groups is 1. The van der Waals surface area contributed by atoms with Crippen molar-refractivity contribution in [2.75, 3.05) is 5.32 Å². The second kappa shape index (κ2) is 10.9. The Hall–Kier alpha value is -4.57. The second-order valence-electron chi connectivity index (χ2n) is 8.99. The van der Waals surface area contributed by atoms with Crippen LogP contribution in [-0.2, 0) is 12.7 Å². The van der Waals surface area contributed by atoms with E-state index in [9.17, 15) is 22.8 Å². The van der Waals surface area contributed by atoms with Gasteiger partial charge in [-0.15, -0.1) is 0 Å². The van der Waals surface area contributed by atoms with Crippen molar-refractivity contribution in [2.45, 2.75) is 25.7 Å². The van der Waals surface area contributed by atoms with E-state index in [1.807, 2.05) is 0 Å². The topological polar surface area (TPSA) is 80.4 Å². The number of carbonyl (C=O) groups is 1. The summed E-state index contributed by atoms with van der Waals surface area (Å²) >= 11 is 6.08. The lowest BCUT2D eigenvalue weighted by atomic mass is 10.1. The van der Waals surface area contributed by atoms with Crippen molar-refractivity contribution in [1.29, 1.82) is 0 Å². The van der Waals surface area contributed by atoms with Gasteiger partial charge in [0.05, 0.1) is 41.0 Å². The van der Waals surface area contributed by atoms with Gasteiger partial charge in [0.2, 0.25) is 0 Å². The molecule has 0 radical (unpaired) electrons. The molecule has 2 amide bonds. The Morgan fingerprint density at radius 1 is 1.02 bits per heavy atom. The number of hydrogen-bond acceptors (Lipinski definition) is 4. The van der Waals surface area contributed by atoms with Crippen molar-refractivity contribution in [1.82, 2.24) is 14.5 Å². The maximum Gasteiger partial charge on any atom is 0.416 e. The summed E-state index contributed by atoms with van der Waals surface area (Å²) in [5.74, 6) is 0.718. The Morgan fingerprint density at radius 2 is 1.73 bits per heavy atom. The van der Waals surface area contributed by atoms with Crippen LogP contribution in [0.3, 0.4) is 0 Å². The highest BCUT2D eigenvalue weighted by Crippen LogP contribution is 2.30. The molecule has 0 aliphatic carbocycles. The van der Waals surface area contributed by atoms with Gasteiger partial charge >= 0.3 is 12.2 Å². The van der Waals surface area contributed by atoms with Crippen molar-refractivity contribution in [3.8, 4) is 5.69 Å². The summed E-state index contributed by atoms with van der Waals surface area (Å²) < 4.78 is 45.9. The highest BCUT2D eigenvalue weighted by atomic mass is 35.5. The molecule has 11 heteroatoms. The summed E-state index contributed by atoms with van der Waals surface area (Å²) in [5, 5.41) is 3.52. The van der Waals surface area contributed by atoms with E-state index >= 15 is 0 Å². The molecule has 0 fully saturated rings. The standard InChI is InChI=1S/C29H22ClF3N4O3/c1-18(26-35-25-7-3-2-6-24(25)27(38)37(26)22-14-10-20(30)11-15-22)36(17-23-5-4-16-40-23)28(39)34-21-12-8-19(9-13-21)29(31,32)33/h2-16,18H,17H2,1H3,(H,34,39). The molecule has 0 aliphatic heterocycles. The van der Waals surface area contributed by atoms with Crippen LogP contribution in [0, 0.1) is 0 Å². The van der Waals surface area contributed by atoms with Crippen molar-refractivity contribution in [2.24, 2.45) is 0 Å². The number of benzene rings is 3. The monoisotopic (exact) mass is 566 g/mol. The zero-order valence-corrected chi connectivity index (χ0v) is 21.8. The summed E-state index contributed by atoms with van der Waals surface area (Å²) in [6, 6.07) is 19.6. The van der Waals surface area contributed by atoms with Crippen molar-refractivity contribution in [3.05, 3.63) is 124 Å². The van der Waals surface area contributed by atoms with E-state index in [2.05, 4.69) is 5.32 Å². The Balaban J connectivity index is 1.58. The van der Waals surface area contributed by atoms with Crippen LogP contribution in [0.5, 0.6) is 0 Å². The fourth-order valence-corrected chi connectivity index (χ4v) is 4.43. The largest absolute Gasteiger partial charge is 0.467 e. The van der Waals surface area contributed by atoms with Crippen LogP contribution in [-0.4, -0.2) is 20.5 Å². The average molecular weight is 567 g/mol. The van der Waals surface area contributed by atoms with Gasteiger partial charge in [-0.25, -0.2) is 9.78 Å². The van der Waals surface area contributed by atoms with Gasteiger partial charge in [-0.2, -0.15) is 13.2 Å². The van der Waals surface area contributed by atoms with Gasteiger partial charge in [-0.1, -0.05) is 23.7 Å². The quantitative estimate of drug-likeness (QED) is 0.231. The molecule has 0 saturated heterocycles. The SMILES string of the molecule is CC(c1nc2ccccc2c(=O)n1-c1ccc(Cl)cc1)N(Cc1ccco1)C(=O)Nc1ccc(C(F)(F)F)cc1. The second-order valence-corrected chi connectivity index (χ2v) is 9.43. The third-order valence-corrected chi connectivity index (χ3v) is 6.61. The molecule has 40 heavy (non-hydrogen) atoms. The molecule has 0 aliphatic rings. The number of anilines is 1. The number of alkyl halides is 3. The van der Waals surface area contributed by atoms with E-state index in [0.717, 1.165) is 12.1 Å². The first-order valence-corrected chi connectivity index (χ1v) is 12.5. The lowest BCUT2D eigenvalue weighted by Gasteiger charge is -2.30. The van der Waals surface area contributed by atoms with Crippen LogP contribution in [0.25, 0.3) is 16.6 Å². The molecule has 2 aromatic heterocycles. The van der Waals surface area contributed by atoms with Gasteiger partial charge in [-0.3, -0.25) is 9.36 Å². The average Bonchev–Trinajstić information content (AvgIpc) is 3.45. The van der Waals surface area contributed by atoms with E-state index in [-0.39, 0.29) is 23.6 Å². The molecule has 0 spiro atoms. The smallest absolute Gasteiger partial charge is 0.416 e. The number of aromatic nitrogens is 2. The fraction of sp³-hybridized carbons (Fsp3) is 0.138. The van der Waals surface area contributed by atoms with Crippen molar-refractivity contribution < 1.29 is 22.4 Å². The number of nitrogens with one attached hydrogen (secondary N) is 1. The van der Waals surface area contributed by atoms with E-state index in [0.29, 0.717) is 27.4 Å². The number of amides is 2. The number of furan rings is 1. The molecule has 1 atom stereocenters. The number of nitrogens with zero attached hydrogens (tertiary/aromatic N) is 3. The van der Waals surface area contributed by atoms with Gasteiger partial charge in [0.25, 0.3) is 5.56 Å². The number of para-hydroxylation sites is 1. The van der Waals surface area contributed by atoms with Crippen LogP contribution in [0.4, 0.5) is 23.7 Å². The minimum atomic E-state index is -4.50. The predicted molar refractivity (Wildman–Crippen MR) is 145 cm³/mol. The predicted octanol–water partition coefficient (Wildman–Crippen LogP) is 7.45. The molecule has 1 unspecified atom stereocenters. The van der Waals surface area contributed by atoms with Crippen LogP contribution < -0.4 is 10.9 Å². The van der Waals surface area contributed by atoms with Crippen LogP contribution in [0.1, 0.15) is 30.1 Å². The highest BCUT2D eigenvalue weighted by Gasteiger charge is 2.31. The molecule has 3 aromatic carbocycles. The van der Waals surface area contributed by atoms with E-state index < -0.39 is 23.8 Å². The van der Waals surface area contributed by atoms with Crippen LogP contribution >= 0.6 is 11.6 Å². The molecular formula is C29H22ClF3N4O3. The van der Waals surface area contributed by atoms with E-state index in [4.69, 9.17) is 21.0 Å². The lowest BCUT2D eigenvalue weighted by molar-refractivity contribution is -0.137. The number of halogens is 4. The third-order valence-electron chi connectivity index (χ3n) is 6.36. The van der Waals surface area contributed by atoms with Gasteiger partial charge in [0.1, 0.15) is 11.6 Å². The molecule has 2 heterocycles. The maximum absolute atomic E-state index is 13.7. The van der Waals surface area contributed by atoms with Crippen LogP contribution in [0.2, 0.25) is 5.02 Å². The Labute approximate surface area is 231 Å². The molecule has 1 N–H and O–H groups in total. The fourth-order valence-electron chi connectivity index (χ4n) is 4.30. The zero-order chi connectivity index (χ0) is 28.4. The molecule has 0 saturated carbocycles. The minimum absolute atomic E-state index is 0.00997. The Kier molecular flexibility index (Phi) is 7.36. The summed E-state index contributed by atoms with van der Waals surface area (Å²) in [6.07, 6.45) is -3.04. The molecule has 204 valence electrons. The molecule has 5 aromatic rings. The molecule has 5 rings (SSSR count). The zero-order valence-electron chi connectivity index (χ0n) is 21.0. The summed E-state index contributed by atoms with van der Waals surface area (Å²) in [6.45, 7) is 1.70. The molecule has 7 nitrogen and oxygen atoms in total. The molecular weight excluding hydrogens is 545 g/mol. The highest BCUT2D eigenvalue weighted by molar-refractivity contribution is 6.30. The van der Waals surface area contributed by atoms with Gasteiger partial charge in [-0.05, 0) is 79.7 Å². The van der Waals surface area contributed by atoms with E-state index in [1.165, 1.54) is 27.9 Å². The van der Waals surface area contributed by atoms with Crippen molar-refractivity contribution >= 4 is 34.2 Å². The van der Waals surface area contributed by atoms with Crippen LogP contribution in [0.15, 0.2) is 100 Å². The summed E-state index contributed by atoms with van der Waals surface area (Å²) in [7, 11) is 0. The molecule has 0 bridgehead atoms. The third kappa shape index (κ3) is 5.57. The maximum atomic E-state index is 13.7. The Morgan fingerprint density at radius 3 is 2.38 bits per heavy atom. The minimum Gasteiger partial charge on any atom is -0.467 e. The lowest BCUT2D eigenvalue weighted by Crippen LogP contribution is -2.39. The number of rotatable bonds is 6. The first kappa shape index (κ1) is 27.0. The number of fused-ring (bicyclic) bond motifs is 1. The van der Waals surface area contributed by atoms with Gasteiger partial charge < -0.3 is 14.6 Å². The summed E-state index contributed by atoms with van der Waals surface area (Å²) in [5.41, 5.74) is -0.0676. The normalized spacial score (nSPS) is 12.3. The number of hydrogen-bond donors (Lipinski definition) is 1. The first-order valence-electron chi connectivity index (χ1n) is 12.2. The van der Waals surface area contributed by atoms with Gasteiger partial charge in [0.15, 0.2) is 0 Å². The van der Waals surface area contributed by atoms with Gasteiger partial charge in [0, 0.05) is 10.7 Å². The van der Waals surface area contributed by atoms with E-state index in [1.54, 1.807) is 67.6 Å².